The van der Waals surface area contributed by atoms with Crippen molar-refractivity contribution in [2.24, 2.45) is 5.73 Å². The Morgan fingerprint density at radius 3 is 2.20 bits per heavy atom. The van der Waals surface area contributed by atoms with Crippen LogP contribution in [0.3, 0.4) is 0 Å². The molecule has 11 heteroatoms. The van der Waals surface area contributed by atoms with Gasteiger partial charge >= 0.3 is 18.5 Å². The van der Waals surface area contributed by atoms with Crippen molar-refractivity contribution < 1.29 is 41.0 Å². The fraction of sp³-hybridized carbons (Fsp3) is 0.333. The molecule has 112 valence electrons. The number of alkyl halides is 6. The van der Waals surface area contributed by atoms with Crippen LogP contribution in [0.15, 0.2) is 6.07 Å². The van der Waals surface area contributed by atoms with Crippen LogP contribution in [-0.4, -0.2) is 22.4 Å². The van der Waals surface area contributed by atoms with Crippen molar-refractivity contribution in [3.8, 4) is 5.88 Å². The first kappa shape index (κ1) is 16.0. The van der Waals surface area contributed by atoms with Gasteiger partial charge in [-0.25, -0.2) is 9.78 Å². The monoisotopic (exact) mass is 304 g/mol. The molecule has 0 unspecified atom stereocenters. The molecule has 0 fully saturated rings. The lowest BCUT2D eigenvalue weighted by Crippen LogP contribution is -2.22. The van der Waals surface area contributed by atoms with Crippen molar-refractivity contribution in [1.82, 2.24) is 4.98 Å². The van der Waals surface area contributed by atoms with E-state index < -0.39 is 47.8 Å². The minimum atomic E-state index is -5.31. The van der Waals surface area contributed by atoms with Crippen molar-refractivity contribution in [3.63, 3.8) is 0 Å². The van der Waals surface area contributed by atoms with Crippen LogP contribution in [0.2, 0.25) is 0 Å². The topological polar surface area (TPSA) is 85.4 Å². The van der Waals surface area contributed by atoms with Crippen LogP contribution in [0.5, 0.6) is 5.88 Å². The van der Waals surface area contributed by atoms with E-state index in [4.69, 9.17) is 10.8 Å². The molecule has 0 bridgehead atoms. The van der Waals surface area contributed by atoms with Crippen molar-refractivity contribution in [3.05, 3.63) is 22.9 Å². The molecule has 0 amide bonds. The lowest BCUT2D eigenvalue weighted by Gasteiger charge is -2.16. The van der Waals surface area contributed by atoms with Crippen LogP contribution in [0.4, 0.5) is 26.3 Å². The molecule has 0 aliphatic rings. The minimum absolute atomic E-state index is 0.0534. The second kappa shape index (κ2) is 5.15. The van der Waals surface area contributed by atoms with Gasteiger partial charge in [-0.1, -0.05) is 0 Å². The Labute approximate surface area is 107 Å². The molecule has 0 spiro atoms. The average molecular weight is 304 g/mol. The lowest BCUT2D eigenvalue weighted by atomic mass is 10.1. The number of hydrogen-bond acceptors (Lipinski definition) is 4. The number of rotatable bonds is 3. The van der Waals surface area contributed by atoms with Crippen LogP contribution in [0.1, 0.15) is 21.6 Å². The maximum atomic E-state index is 12.7. The molecule has 0 aliphatic carbocycles. The van der Waals surface area contributed by atoms with Crippen LogP contribution in [-0.2, 0) is 12.7 Å². The van der Waals surface area contributed by atoms with Crippen LogP contribution in [0.25, 0.3) is 0 Å². The number of nitrogens with zero attached hydrogens (tertiary/aromatic N) is 1. The lowest BCUT2D eigenvalue weighted by molar-refractivity contribution is -0.276. The molecular formula is C9H6F6N2O3. The number of aromatic carboxylic acids is 1. The number of carbonyl (C=O) groups is 1. The highest BCUT2D eigenvalue weighted by Gasteiger charge is 2.39. The quantitative estimate of drug-likeness (QED) is 0.836. The van der Waals surface area contributed by atoms with Crippen molar-refractivity contribution in [2.75, 3.05) is 0 Å². The number of carboxylic acid groups (broad SMARTS) is 1. The van der Waals surface area contributed by atoms with E-state index in [0.29, 0.717) is 0 Å². The molecule has 0 saturated heterocycles. The Balaban J connectivity index is 3.52. The van der Waals surface area contributed by atoms with E-state index in [1.807, 2.05) is 0 Å². The summed E-state index contributed by atoms with van der Waals surface area (Å²) in [5, 5.41) is 8.69. The molecular weight excluding hydrogens is 298 g/mol. The van der Waals surface area contributed by atoms with Crippen molar-refractivity contribution in [1.29, 1.82) is 0 Å². The van der Waals surface area contributed by atoms with Gasteiger partial charge in [0.05, 0.1) is 5.56 Å². The first-order valence-corrected chi connectivity index (χ1v) is 4.76. The zero-order valence-corrected chi connectivity index (χ0v) is 9.34. The van der Waals surface area contributed by atoms with E-state index in [1.165, 1.54) is 0 Å². The zero-order valence-electron chi connectivity index (χ0n) is 9.34. The summed E-state index contributed by atoms with van der Waals surface area (Å²) in [4.78, 5) is 13.6. The standard InChI is InChI=1S/C9H6F6N2O3/c10-8(11,12)4-1-5(20-9(13,14)15)17-6(7(18)19)3(4)2-16/h1H,2,16H2,(H,18,19). The van der Waals surface area contributed by atoms with E-state index >= 15 is 0 Å². The van der Waals surface area contributed by atoms with Gasteiger partial charge in [-0.2, -0.15) is 13.2 Å². The van der Waals surface area contributed by atoms with Crippen LogP contribution in [0, 0.1) is 0 Å². The largest absolute Gasteiger partial charge is 0.574 e. The van der Waals surface area contributed by atoms with Gasteiger partial charge in [-0.3, -0.25) is 0 Å². The summed E-state index contributed by atoms with van der Waals surface area (Å²) in [7, 11) is 0. The number of carboxylic acids is 1. The Bertz CT molecular complexity index is 526. The Hall–Kier alpha value is -2.04. The number of pyridine rings is 1. The molecule has 0 aromatic carbocycles. The first-order chi connectivity index (χ1) is 8.95. The van der Waals surface area contributed by atoms with E-state index in [1.54, 1.807) is 0 Å². The summed E-state index contributed by atoms with van der Waals surface area (Å²) in [5.74, 6) is -3.48. The van der Waals surface area contributed by atoms with Gasteiger partial charge in [0, 0.05) is 18.2 Å². The minimum Gasteiger partial charge on any atom is -0.476 e. The Kier molecular flexibility index (Phi) is 4.12. The summed E-state index contributed by atoms with van der Waals surface area (Å²) < 4.78 is 77.2. The number of nitrogens with two attached hydrogens (primary N) is 1. The summed E-state index contributed by atoms with van der Waals surface area (Å²) in [5.41, 5.74) is 1.17. The molecule has 0 radical (unpaired) electrons. The summed E-state index contributed by atoms with van der Waals surface area (Å²) in [6.07, 6.45) is -10.4. The average Bonchev–Trinajstić information content (AvgIpc) is 2.24. The van der Waals surface area contributed by atoms with Gasteiger partial charge < -0.3 is 15.6 Å². The summed E-state index contributed by atoms with van der Waals surface area (Å²) >= 11 is 0. The van der Waals surface area contributed by atoms with Gasteiger partial charge in [-0.15, -0.1) is 13.2 Å². The molecule has 1 aromatic rings. The molecule has 0 atom stereocenters. The van der Waals surface area contributed by atoms with E-state index in [-0.39, 0.29) is 6.07 Å². The summed E-state index contributed by atoms with van der Waals surface area (Å²) in [6.45, 7) is -0.865. The predicted octanol–water partition coefficient (Wildman–Crippen LogP) is 2.16. The maximum absolute atomic E-state index is 12.7. The highest BCUT2D eigenvalue weighted by atomic mass is 19.4. The molecule has 0 saturated carbocycles. The van der Waals surface area contributed by atoms with Crippen molar-refractivity contribution >= 4 is 5.97 Å². The Morgan fingerprint density at radius 2 is 1.85 bits per heavy atom. The molecule has 20 heavy (non-hydrogen) atoms. The SMILES string of the molecule is NCc1c(C(F)(F)F)cc(OC(F)(F)F)nc1C(=O)O. The van der Waals surface area contributed by atoms with Gasteiger partial charge in [0.2, 0.25) is 5.88 Å². The predicted molar refractivity (Wildman–Crippen MR) is 50.8 cm³/mol. The van der Waals surface area contributed by atoms with Crippen LogP contribution < -0.4 is 10.5 Å². The van der Waals surface area contributed by atoms with Gasteiger partial charge in [-0.05, 0) is 0 Å². The van der Waals surface area contributed by atoms with Gasteiger partial charge in [0.15, 0.2) is 5.69 Å². The van der Waals surface area contributed by atoms with E-state index in [2.05, 4.69) is 9.72 Å². The highest BCUT2D eigenvalue weighted by molar-refractivity contribution is 5.87. The third kappa shape index (κ3) is 3.73. The third-order valence-corrected chi connectivity index (χ3v) is 2.03. The van der Waals surface area contributed by atoms with E-state index in [9.17, 15) is 31.1 Å². The fourth-order valence-electron chi connectivity index (χ4n) is 1.36. The van der Waals surface area contributed by atoms with Crippen molar-refractivity contribution in [2.45, 2.75) is 19.1 Å². The molecule has 1 aromatic heterocycles. The smallest absolute Gasteiger partial charge is 0.476 e. The third-order valence-electron chi connectivity index (χ3n) is 2.03. The molecule has 5 nitrogen and oxygen atoms in total. The number of hydrogen-bond donors (Lipinski definition) is 2. The summed E-state index contributed by atoms with van der Waals surface area (Å²) in [6, 6.07) is -0.0534. The van der Waals surface area contributed by atoms with Gasteiger partial charge in [0.25, 0.3) is 0 Å². The normalized spacial score (nSPS) is 12.3. The highest BCUT2D eigenvalue weighted by Crippen LogP contribution is 2.36. The number of halogens is 6. The fourth-order valence-corrected chi connectivity index (χ4v) is 1.36. The van der Waals surface area contributed by atoms with E-state index in [0.717, 1.165) is 0 Å². The first-order valence-electron chi connectivity index (χ1n) is 4.76. The Morgan fingerprint density at radius 1 is 1.30 bits per heavy atom. The maximum Gasteiger partial charge on any atom is 0.574 e. The second-order valence-corrected chi connectivity index (χ2v) is 3.39. The zero-order chi connectivity index (χ0) is 15.7. The number of ether oxygens (including phenoxy) is 1. The molecule has 0 aliphatic heterocycles. The number of aromatic nitrogens is 1. The molecule has 3 N–H and O–H groups in total. The van der Waals surface area contributed by atoms with Gasteiger partial charge in [0.1, 0.15) is 0 Å². The molecule has 1 rings (SSSR count). The second-order valence-electron chi connectivity index (χ2n) is 3.39. The van der Waals surface area contributed by atoms with Crippen LogP contribution >= 0.6 is 0 Å². The molecule has 1 heterocycles.